The summed E-state index contributed by atoms with van der Waals surface area (Å²) < 4.78 is 0. The smallest absolute Gasteiger partial charge is 0.139 e. The van der Waals surface area contributed by atoms with Crippen LogP contribution in [0, 0.1) is 11.8 Å². The Balaban J connectivity index is 2.37. The highest BCUT2D eigenvalue weighted by molar-refractivity contribution is 5.83. The maximum absolute atomic E-state index is 12.1. The van der Waals surface area contributed by atoms with E-state index in [0.29, 0.717) is 17.6 Å². The van der Waals surface area contributed by atoms with Crippen LogP contribution in [0.4, 0.5) is 0 Å². The summed E-state index contributed by atoms with van der Waals surface area (Å²) >= 11 is 0. The average molecular weight is 196 g/mol. The quantitative estimate of drug-likeness (QED) is 0.628. The van der Waals surface area contributed by atoms with Gasteiger partial charge in [-0.3, -0.25) is 4.79 Å². The SMILES string of the molecule is CCCCC(CC)C(=O)C1CCCC1. The van der Waals surface area contributed by atoms with Gasteiger partial charge in [-0.05, 0) is 25.7 Å². The molecule has 0 aromatic heterocycles. The second-order valence-electron chi connectivity index (χ2n) is 4.63. The lowest BCUT2D eigenvalue weighted by Gasteiger charge is -2.17. The number of carbonyl (C=O) groups is 1. The molecule has 0 heterocycles. The van der Waals surface area contributed by atoms with Crippen LogP contribution in [0.15, 0.2) is 0 Å². The van der Waals surface area contributed by atoms with Crippen LogP contribution in [-0.4, -0.2) is 5.78 Å². The van der Waals surface area contributed by atoms with E-state index in [9.17, 15) is 4.79 Å². The van der Waals surface area contributed by atoms with Gasteiger partial charge in [-0.2, -0.15) is 0 Å². The van der Waals surface area contributed by atoms with E-state index in [-0.39, 0.29) is 0 Å². The number of hydrogen-bond donors (Lipinski definition) is 0. The standard InChI is InChI=1S/C13H24O/c1-3-5-8-11(4-2)13(14)12-9-6-7-10-12/h11-12H,3-10H2,1-2H3. The van der Waals surface area contributed by atoms with E-state index in [4.69, 9.17) is 0 Å². The molecule has 0 radical (unpaired) electrons. The molecule has 14 heavy (non-hydrogen) atoms. The van der Waals surface area contributed by atoms with E-state index in [1.807, 2.05) is 0 Å². The van der Waals surface area contributed by atoms with E-state index < -0.39 is 0 Å². The Kier molecular flexibility index (Phi) is 5.21. The van der Waals surface area contributed by atoms with Crippen LogP contribution >= 0.6 is 0 Å². The summed E-state index contributed by atoms with van der Waals surface area (Å²) in [5.41, 5.74) is 0. The molecule has 1 saturated carbocycles. The average Bonchev–Trinajstić information content (AvgIpc) is 2.71. The fourth-order valence-corrected chi connectivity index (χ4v) is 2.54. The van der Waals surface area contributed by atoms with Crippen molar-refractivity contribution in [2.24, 2.45) is 11.8 Å². The molecule has 0 aromatic rings. The van der Waals surface area contributed by atoms with Crippen LogP contribution in [0.5, 0.6) is 0 Å². The Bertz CT molecular complexity index is 168. The molecular formula is C13H24O. The molecular weight excluding hydrogens is 172 g/mol. The number of Topliss-reactive ketones (excluding diaryl/α,β-unsaturated/α-hetero) is 1. The highest BCUT2D eigenvalue weighted by Gasteiger charge is 2.27. The van der Waals surface area contributed by atoms with Crippen molar-refractivity contribution in [3.05, 3.63) is 0 Å². The minimum atomic E-state index is 0.373. The predicted molar refractivity (Wildman–Crippen MR) is 60.3 cm³/mol. The first-order valence-electron chi connectivity index (χ1n) is 6.33. The van der Waals surface area contributed by atoms with Gasteiger partial charge < -0.3 is 0 Å². The van der Waals surface area contributed by atoms with Gasteiger partial charge in [0, 0.05) is 11.8 Å². The zero-order chi connectivity index (χ0) is 10.4. The second-order valence-corrected chi connectivity index (χ2v) is 4.63. The molecule has 0 amide bonds. The molecule has 1 heteroatoms. The first kappa shape index (κ1) is 11.7. The third-order valence-electron chi connectivity index (χ3n) is 3.56. The topological polar surface area (TPSA) is 17.1 Å². The zero-order valence-electron chi connectivity index (χ0n) is 9.72. The Hall–Kier alpha value is -0.330. The minimum Gasteiger partial charge on any atom is -0.299 e. The molecule has 1 fully saturated rings. The summed E-state index contributed by atoms with van der Waals surface area (Å²) in [6, 6.07) is 0. The number of hydrogen-bond acceptors (Lipinski definition) is 1. The van der Waals surface area contributed by atoms with Crippen molar-refractivity contribution >= 4 is 5.78 Å². The van der Waals surface area contributed by atoms with Crippen LogP contribution in [0.25, 0.3) is 0 Å². The largest absolute Gasteiger partial charge is 0.299 e. The predicted octanol–water partition coefficient (Wildman–Crippen LogP) is 3.96. The molecule has 1 rings (SSSR count). The van der Waals surface area contributed by atoms with E-state index in [2.05, 4.69) is 13.8 Å². The summed E-state index contributed by atoms with van der Waals surface area (Å²) in [6.45, 7) is 4.36. The van der Waals surface area contributed by atoms with E-state index in [1.54, 1.807) is 0 Å². The second kappa shape index (κ2) is 6.21. The monoisotopic (exact) mass is 196 g/mol. The molecule has 0 aromatic carbocycles. The molecule has 0 bridgehead atoms. The van der Waals surface area contributed by atoms with E-state index in [0.717, 1.165) is 12.8 Å². The summed E-state index contributed by atoms with van der Waals surface area (Å²) in [7, 11) is 0. The van der Waals surface area contributed by atoms with Crippen molar-refractivity contribution in [3.63, 3.8) is 0 Å². The molecule has 0 aliphatic heterocycles. The third-order valence-corrected chi connectivity index (χ3v) is 3.56. The van der Waals surface area contributed by atoms with Crippen LogP contribution in [0.3, 0.4) is 0 Å². The molecule has 0 N–H and O–H groups in total. The van der Waals surface area contributed by atoms with Gasteiger partial charge >= 0.3 is 0 Å². The summed E-state index contributed by atoms with van der Waals surface area (Å²) in [4.78, 5) is 12.1. The van der Waals surface area contributed by atoms with Crippen LogP contribution < -0.4 is 0 Å². The number of unbranched alkanes of at least 4 members (excludes halogenated alkanes) is 1. The number of ketones is 1. The first-order chi connectivity index (χ1) is 6.79. The fraction of sp³-hybridized carbons (Fsp3) is 0.923. The molecule has 1 unspecified atom stereocenters. The summed E-state index contributed by atoms with van der Waals surface area (Å²) in [6.07, 6.45) is 9.51. The first-order valence-corrected chi connectivity index (χ1v) is 6.33. The normalized spacial score (nSPS) is 19.9. The van der Waals surface area contributed by atoms with Crippen LogP contribution in [0.1, 0.15) is 65.2 Å². The van der Waals surface area contributed by atoms with Crippen molar-refractivity contribution in [2.75, 3.05) is 0 Å². The Morgan fingerprint density at radius 2 is 1.93 bits per heavy atom. The Morgan fingerprint density at radius 1 is 1.29 bits per heavy atom. The molecule has 1 atom stereocenters. The van der Waals surface area contributed by atoms with Crippen molar-refractivity contribution in [3.8, 4) is 0 Å². The lowest BCUT2D eigenvalue weighted by Crippen LogP contribution is -2.21. The van der Waals surface area contributed by atoms with E-state index in [1.165, 1.54) is 38.5 Å². The lowest BCUT2D eigenvalue weighted by molar-refractivity contribution is -0.127. The molecule has 82 valence electrons. The van der Waals surface area contributed by atoms with Gasteiger partial charge in [-0.15, -0.1) is 0 Å². The van der Waals surface area contributed by atoms with Gasteiger partial charge in [-0.1, -0.05) is 39.5 Å². The van der Waals surface area contributed by atoms with Gasteiger partial charge in [0.2, 0.25) is 0 Å². The molecule has 0 saturated heterocycles. The van der Waals surface area contributed by atoms with E-state index >= 15 is 0 Å². The Labute approximate surface area is 88.3 Å². The van der Waals surface area contributed by atoms with Gasteiger partial charge in [0.1, 0.15) is 5.78 Å². The number of rotatable bonds is 6. The molecule has 1 nitrogen and oxygen atoms in total. The highest BCUT2D eigenvalue weighted by atomic mass is 16.1. The van der Waals surface area contributed by atoms with Crippen molar-refractivity contribution < 1.29 is 4.79 Å². The highest BCUT2D eigenvalue weighted by Crippen LogP contribution is 2.30. The van der Waals surface area contributed by atoms with Crippen molar-refractivity contribution in [1.82, 2.24) is 0 Å². The van der Waals surface area contributed by atoms with Crippen molar-refractivity contribution in [2.45, 2.75) is 65.2 Å². The zero-order valence-corrected chi connectivity index (χ0v) is 9.72. The van der Waals surface area contributed by atoms with Crippen LogP contribution in [-0.2, 0) is 4.79 Å². The molecule has 1 aliphatic carbocycles. The molecule has 0 spiro atoms. The summed E-state index contributed by atoms with van der Waals surface area (Å²) in [5, 5.41) is 0. The van der Waals surface area contributed by atoms with Gasteiger partial charge in [0.25, 0.3) is 0 Å². The van der Waals surface area contributed by atoms with Gasteiger partial charge in [-0.25, -0.2) is 0 Å². The van der Waals surface area contributed by atoms with Gasteiger partial charge in [0.05, 0.1) is 0 Å². The third kappa shape index (κ3) is 3.11. The number of carbonyl (C=O) groups excluding carboxylic acids is 1. The lowest BCUT2D eigenvalue weighted by atomic mass is 9.86. The summed E-state index contributed by atoms with van der Waals surface area (Å²) in [5.74, 6) is 1.38. The van der Waals surface area contributed by atoms with Gasteiger partial charge in [0.15, 0.2) is 0 Å². The molecule has 1 aliphatic rings. The minimum absolute atomic E-state index is 0.373. The maximum atomic E-state index is 12.1. The van der Waals surface area contributed by atoms with Crippen molar-refractivity contribution in [1.29, 1.82) is 0 Å². The fourth-order valence-electron chi connectivity index (χ4n) is 2.54. The van der Waals surface area contributed by atoms with Crippen LogP contribution in [0.2, 0.25) is 0 Å². The maximum Gasteiger partial charge on any atom is 0.139 e. The Morgan fingerprint density at radius 3 is 2.43 bits per heavy atom.